The van der Waals surface area contributed by atoms with Crippen molar-refractivity contribution in [3.8, 4) is 5.75 Å². The van der Waals surface area contributed by atoms with E-state index in [0.29, 0.717) is 42.2 Å². The third-order valence-electron chi connectivity index (χ3n) is 5.92. The first kappa shape index (κ1) is 22.3. The van der Waals surface area contributed by atoms with Crippen LogP contribution >= 0.6 is 11.3 Å². The van der Waals surface area contributed by atoms with Gasteiger partial charge in [0, 0.05) is 31.2 Å². The summed E-state index contributed by atoms with van der Waals surface area (Å²) in [5.41, 5.74) is 6.11. The molecule has 8 nitrogen and oxygen atoms in total. The highest BCUT2D eigenvalue weighted by atomic mass is 32.1. The van der Waals surface area contributed by atoms with Crippen molar-refractivity contribution in [3.05, 3.63) is 52.2 Å². The van der Waals surface area contributed by atoms with E-state index in [9.17, 15) is 14.4 Å². The Morgan fingerprint density at radius 2 is 1.94 bits per heavy atom. The summed E-state index contributed by atoms with van der Waals surface area (Å²) in [7, 11) is 1.58. The van der Waals surface area contributed by atoms with Gasteiger partial charge in [0.2, 0.25) is 5.91 Å². The summed E-state index contributed by atoms with van der Waals surface area (Å²) < 4.78 is 5.20. The number of carbonyl (C=O) groups is 3. The quantitative estimate of drug-likeness (QED) is 0.629. The fourth-order valence-electron chi connectivity index (χ4n) is 4.21. The van der Waals surface area contributed by atoms with Crippen LogP contribution in [0.3, 0.4) is 0 Å². The number of carbonyl (C=O) groups excluding carboxylic acids is 3. The van der Waals surface area contributed by atoms with Crippen molar-refractivity contribution in [2.75, 3.05) is 26.7 Å². The third kappa shape index (κ3) is 4.63. The van der Waals surface area contributed by atoms with Crippen molar-refractivity contribution in [2.24, 2.45) is 5.73 Å². The number of benzene rings is 1. The summed E-state index contributed by atoms with van der Waals surface area (Å²) >= 11 is 1.35. The first-order chi connectivity index (χ1) is 15.5. The zero-order chi connectivity index (χ0) is 22.7. The number of likely N-dealkylation sites (tertiary alicyclic amines) is 1. The Bertz CT molecular complexity index is 959. The van der Waals surface area contributed by atoms with E-state index in [2.05, 4.69) is 5.32 Å². The average Bonchev–Trinajstić information content (AvgIpc) is 3.31. The fourth-order valence-corrected chi connectivity index (χ4v) is 4.89. The van der Waals surface area contributed by atoms with E-state index in [4.69, 9.17) is 10.5 Å². The highest BCUT2D eigenvalue weighted by molar-refractivity contribution is 7.12. The largest absolute Gasteiger partial charge is 0.497 e. The zero-order valence-electron chi connectivity index (χ0n) is 18.0. The lowest BCUT2D eigenvalue weighted by atomic mass is 10.1. The van der Waals surface area contributed by atoms with Crippen LogP contribution in [0.1, 0.15) is 39.3 Å². The van der Waals surface area contributed by atoms with Gasteiger partial charge in [0.25, 0.3) is 11.8 Å². The van der Waals surface area contributed by atoms with Crippen LogP contribution in [-0.2, 0) is 4.79 Å². The Hall–Kier alpha value is -2.91. The minimum absolute atomic E-state index is 0.0771. The molecule has 1 aliphatic heterocycles. The molecule has 0 radical (unpaired) electrons. The summed E-state index contributed by atoms with van der Waals surface area (Å²) in [4.78, 5) is 43.6. The van der Waals surface area contributed by atoms with Gasteiger partial charge in [-0.25, -0.2) is 0 Å². The van der Waals surface area contributed by atoms with Gasteiger partial charge >= 0.3 is 0 Å². The summed E-state index contributed by atoms with van der Waals surface area (Å²) in [6.07, 6.45) is 2.27. The van der Waals surface area contributed by atoms with Gasteiger partial charge in [0.05, 0.1) is 18.0 Å². The number of thiophene rings is 1. The SMILES string of the molecule is COc1ccc(C(=O)N(C2CC2)C2CC(C(=O)NCCN)N(C(=O)c3cccs3)C2)cc1. The number of methoxy groups -OCH3 is 1. The van der Waals surface area contributed by atoms with Gasteiger partial charge in [0.1, 0.15) is 11.8 Å². The van der Waals surface area contributed by atoms with Crippen molar-refractivity contribution in [1.29, 1.82) is 0 Å². The van der Waals surface area contributed by atoms with Gasteiger partial charge < -0.3 is 25.6 Å². The Labute approximate surface area is 191 Å². The molecule has 2 unspecified atom stereocenters. The van der Waals surface area contributed by atoms with Crippen molar-refractivity contribution >= 4 is 29.1 Å². The lowest BCUT2D eigenvalue weighted by molar-refractivity contribution is -0.124. The van der Waals surface area contributed by atoms with Crippen molar-refractivity contribution in [3.63, 3.8) is 0 Å². The molecule has 0 spiro atoms. The molecule has 2 aromatic rings. The van der Waals surface area contributed by atoms with E-state index in [1.165, 1.54) is 11.3 Å². The number of rotatable bonds is 8. The lowest BCUT2D eigenvalue weighted by Gasteiger charge is -2.29. The summed E-state index contributed by atoms with van der Waals surface area (Å²) in [6, 6.07) is 9.90. The minimum Gasteiger partial charge on any atom is -0.497 e. The van der Waals surface area contributed by atoms with Gasteiger partial charge in [-0.2, -0.15) is 0 Å². The molecule has 2 atom stereocenters. The second-order valence-electron chi connectivity index (χ2n) is 8.09. The molecule has 1 aliphatic carbocycles. The number of nitrogens with two attached hydrogens (primary N) is 1. The smallest absolute Gasteiger partial charge is 0.264 e. The number of hydrogen-bond donors (Lipinski definition) is 2. The fraction of sp³-hybridized carbons (Fsp3) is 0.435. The summed E-state index contributed by atoms with van der Waals surface area (Å²) in [5.74, 6) is 0.204. The maximum atomic E-state index is 13.4. The molecular weight excluding hydrogens is 428 g/mol. The second kappa shape index (κ2) is 9.70. The molecule has 1 saturated carbocycles. The predicted octanol–water partition coefficient (Wildman–Crippen LogP) is 1.72. The van der Waals surface area contributed by atoms with Gasteiger partial charge in [-0.05, 0) is 55.0 Å². The van der Waals surface area contributed by atoms with Crippen molar-refractivity contribution < 1.29 is 19.1 Å². The van der Waals surface area contributed by atoms with Crippen LogP contribution < -0.4 is 15.8 Å². The number of ether oxygens (including phenoxy) is 1. The van der Waals surface area contributed by atoms with Crippen LogP contribution in [0.4, 0.5) is 0 Å². The monoisotopic (exact) mass is 456 g/mol. The molecule has 2 fully saturated rings. The van der Waals surface area contributed by atoms with Crippen LogP contribution in [0.15, 0.2) is 41.8 Å². The van der Waals surface area contributed by atoms with E-state index in [-0.39, 0.29) is 29.8 Å². The van der Waals surface area contributed by atoms with E-state index in [1.807, 2.05) is 16.3 Å². The molecule has 1 saturated heterocycles. The standard InChI is InChI=1S/C23H28N4O4S/c1-31-18-8-4-15(5-9-18)22(29)27(16-6-7-16)17-13-19(21(28)25-11-10-24)26(14-17)23(30)20-3-2-12-32-20/h2-5,8-9,12,16-17,19H,6-7,10-11,13-14,24H2,1H3,(H,25,28). The highest BCUT2D eigenvalue weighted by Gasteiger charge is 2.47. The molecule has 2 heterocycles. The Morgan fingerprint density at radius 3 is 2.53 bits per heavy atom. The molecule has 170 valence electrons. The Balaban J connectivity index is 1.58. The summed E-state index contributed by atoms with van der Waals surface area (Å²) in [6.45, 7) is 0.999. The molecule has 1 aromatic heterocycles. The first-order valence-corrected chi connectivity index (χ1v) is 11.7. The van der Waals surface area contributed by atoms with Gasteiger partial charge in [-0.3, -0.25) is 14.4 Å². The molecule has 2 aliphatic rings. The molecule has 3 amide bonds. The van der Waals surface area contributed by atoms with E-state index >= 15 is 0 Å². The van der Waals surface area contributed by atoms with Crippen LogP contribution in [0.25, 0.3) is 0 Å². The lowest BCUT2D eigenvalue weighted by Crippen LogP contribution is -2.47. The van der Waals surface area contributed by atoms with Crippen LogP contribution in [-0.4, -0.2) is 72.4 Å². The molecular formula is C23H28N4O4S. The van der Waals surface area contributed by atoms with E-state index < -0.39 is 6.04 Å². The van der Waals surface area contributed by atoms with Crippen LogP contribution in [0.5, 0.6) is 5.75 Å². The second-order valence-corrected chi connectivity index (χ2v) is 9.04. The molecule has 3 N–H and O–H groups in total. The topological polar surface area (TPSA) is 105 Å². The molecule has 9 heteroatoms. The average molecular weight is 457 g/mol. The predicted molar refractivity (Wildman–Crippen MR) is 122 cm³/mol. The van der Waals surface area contributed by atoms with Gasteiger partial charge in [-0.15, -0.1) is 11.3 Å². The first-order valence-electron chi connectivity index (χ1n) is 10.8. The van der Waals surface area contributed by atoms with Gasteiger partial charge in [-0.1, -0.05) is 6.07 Å². The minimum atomic E-state index is -0.633. The number of nitrogens with one attached hydrogen (secondary N) is 1. The maximum absolute atomic E-state index is 13.4. The number of nitrogens with zero attached hydrogens (tertiary/aromatic N) is 2. The summed E-state index contributed by atoms with van der Waals surface area (Å²) in [5, 5.41) is 4.65. The Kier molecular flexibility index (Phi) is 6.76. The van der Waals surface area contributed by atoms with Crippen LogP contribution in [0, 0.1) is 0 Å². The van der Waals surface area contributed by atoms with E-state index in [0.717, 1.165) is 12.8 Å². The molecule has 1 aromatic carbocycles. The molecule has 32 heavy (non-hydrogen) atoms. The number of amides is 3. The third-order valence-corrected chi connectivity index (χ3v) is 6.78. The van der Waals surface area contributed by atoms with E-state index in [1.54, 1.807) is 42.3 Å². The zero-order valence-corrected chi connectivity index (χ0v) is 18.8. The number of hydrogen-bond acceptors (Lipinski definition) is 6. The Morgan fingerprint density at radius 1 is 1.19 bits per heavy atom. The molecule has 0 bridgehead atoms. The normalized spacial score (nSPS) is 20.1. The van der Waals surface area contributed by atoms with Gasteiger partial charge in [0.15, 0.2) is 0 Å². The molecule has 4 rings (SSSR count). The highest BCUT2D eigenvalue weighted by Crippen LogP contribution is 2.35. The van der Waals surface area contributed by atoms with Crippen LogP contribution in [0.2, 0.25) is 0 Å². The van der Waals surface area contributed by atoms with Crippen molar-refractivity contribution in [1.82, 2.24) is 15.1 Å². The van der Waals surface area contributed by atoms with Crippen molar-refractivity contribution in [2.45, 2.75) is 37.4 Å². The maximum Gasteiger partial charge on any atom is 0.264 e.